The normalized spacial score (nSPS) is 14.0. The van der Waals surface area contributed by atoms with E-state index >= 15 is 0 Å². The number of aryl methyl sites for hydroxylation is 2. The van der Waals surface area contributed by atoms with E-state index < -0.39 is 0 Å². The molecule has 4 rings (SSSR count). The smallest absolute Gasteiger partial charge is 0.267 e. The molecule has 0 saturated carbocycles. The highest BCUT2D eigenvalue weighted by atomic mass is 16.1. The van der Waals surface area contributed by atoms with E-state index in [1.807, 2.05) is 18.2 Å². The van der Waals surface area contributed by atoms with Crippen LogP contribution in [-0.4, -0.2) is 9.78 Å². The molecular weight excluding hydrogens is 272 g/mol. The van der Waals surface area contributed by atoms with Crippen molar-refractivity contribution in [1.82, 2.24) is 9.78 Å². The van der Waals surface area contributed by atoms with Crippen molar-refractivity contribution in [2.75, 3.05) is 0 Å². The minimum atomic E-state index is 0.00795. The lowest BCUT2D eigenvalue weighted by atomic mass is 9.97. The molecule has 0 radical (unpaired) electrons. The van der Waals surface area contributed by atoms with Crippen LogP contribution < -0.4 is 5.56 Å². The first kappa shape index (κ1) is 13.3. The Morgan fingerprint density at radius 1 is 1.00 bits per heavy atom. The number of benzene rings is 2. The standard InChI is InChI=1S/C19H18N2O/c22-19-12-15-7-2-4-11-18(15)20-21(19)13-16-9-5-8-14-6-1-3-10-17(14)16/h1,3,5-6,8-10,12H,2,4,7,11,13H2. The summed E-state index contributed by atoms with van der Waals surface area (Å²) in [4.78, 5) is 12.3. The molecule has 3 heteroatoms. The molecule has 0 aliphatic heterocycles. The topological polar surface area (TPSA) is 34.9 Å². The number of aromatic nitrogens is 2. The summed E-state index contributed by atoms with van der Waals surface area (Å²) in [6, 6.07) is 16.3. The van der Waals surface area contributed by atoms with Gasteiger partial charge in [0.25, 0.3) is 5.56 Å². The predicted octanol–water partition coefficient (Wildman–Crippen LogP) is 3.32. The van der Waals surface area contributed by atoms with E-state index in [0.29, 0.717) is 6.54 Å². The molecule has 0 unspecified atom stereocenters. The molecule has 0 amide bonds. The van der Waals surface area contributed by atoms with Gasteiger partial charge in [-0.2, -0.15) is 5.10 Å². The fraction of sp³-hybridized carbons (Fsp3) is 0.263. The maximum absolute atomic E-state index is 12.3. The maximum atomic E-state index is 12.3. The predicted molar refractivity (Wildman–Crippen MR) is 88.2 cm³/mol. The van der Waals surface area contributed by atoms with Gasteiger partial charge in [0.05, 0.1) is 12.2 Å². The first-order chi connectivity index (χ1) is 10.8. The summed E-state index contributed by atoms with van der Waals surface area (Å²) in [5, 5.41) is 7.01. The minimum absolute atomic E-state index is 0.00795. The van der Waals surface area contributed by atoms with Crippen LogP contribution in [0.2, 0.25) is 0 Å². The van der Waals surface area contributed by atoms with E-state index in [-0.39, 0.29) is 5.56 Å². The van der Waals surface area contributed by atoms with Crippen molar-refractivity contribution in [3.63, 3.8) is 0 Å². The highest BCUT2D eigenvalue weighted by Crippen LogP contribution is 2.20. The molecular formula is C19H18N2O. The summed E-state index contributed by atoms with van der Waals surface area (Å²) in [6.07, 6.45) is 4.33. The highest BCUT2D eigenvalue weighted by Gasteiger charge is 2.13. The highest BCUT2D eigenvalue weighted by molar-refractivity contribution is 5.85. The van der Waals surface area contributed by atoms with Crippen molar-refractivity contribution in [2.24, 2.45) is 0 Å². The molecule has 0 N–H and O–H groups in total. The third-order valence-corrected chi connectivity index (χ3v) is 4.47. The summed E-state index contributed by atoms with van der Waals surface area (Å²) < 4.78 is 1.62. The van der Waals surface area contributed by atoms with Crippen LogP contribution in [0.15, 0.2) is 53.3 Å². The van der Waals surface area contributed by atoms with Crippen molar-refractivity contribution < 1.29 is 0 Å². The lowest BCUT2D eigenvalue weighted by molar-refractivity contribution is 0.576. The molecule has 1 aromatic heterocycles. The van der Waals surface area contributed by atoms with Crippen molar-refractivity contribution >= 4 is 10.8 Å². The van der Waals surface area contributed by atoms with E-state index in [4.69, 9.17) is 0 Å². The molecule has 0 saturated heterocycles. The number of nitrogens with zero attached hydrogens (tertiary/aromatic N) is 2. The van der Waals surface area contributed by atoms with Crippen LogP contribution >= 0.6 is 0 Å². The third kappa shape index (κ3) is 2.33. The van der Waals surface area contributed by atoms with Gasteiger partial charge < -0.3 is 0 Å². The Labute approximate surface area is 129 Å². The molecule has 1 heterocycles. The van der Waals surface area contributed by atoms with Crippen LogP contribution in [0.5, 0.6) is 0 Å². The number of hydrogen-bond donors (Lipinski definition) is 0. The SMILES string of the molecule is O=c1cc2c(nn1Cc1cccc3ccccc13)CCCC2. The van der Waals surface area contributed by atoms with E-state index in [1.165, 1.54) is 23.6 Å². The van der Waals surface area contributed by atoms with Gasteiger partial charge >= 0.3 is 0 Å². The Hall–Kier alpha value is -2.42. The van der Waals surface area contributed by atoms with Gasteiger partial charge in [-0.1, -0.05) is 42.5 Å². The monoisotopic (exact) mass is 290 g/mol. The van der Waals surface area contributed by atoms with Gasteiger partial charge in [0.1, 0.15) is 0 Å². The third-order valence-electron chi connectivity index (χ3n) is 4.47. The molecule has 3 nitrogen and oxygen atoms in total. The maximum Gasteiger partial charge on any atom is 0.267 e. The zero-order valence-corrected chi connectivity index (χ0v) is 12.5. The molecule has 1 aliphatic carbocycles. The van der Waals surface area contributed by atoms with E-state index in [2.05, 4.69) is 29.4 Å². The molecule has 2 aromatic carbocycles. The summed E-state index contributed by atoms with van der Waals surface area (Å²) >= 11 is 0. The average Bonchev–Trinajstić information content (AvgIpc) is 2.56. The van der Waals surface area contributed by atoms with Gasteiger partial charge in [-0.05, 0) is 47.6 Å². The number of fused-ring (bicyclic) bond motifs is 2. The Morgan fingerprint density at radius 3 is 2.77 bits per heavy atom. The Morgan fingerprint density at radius 2 is 1.82 bits per heavy atom. The van der Waals surface area contributed by atoms with Gasteiger partial charge in [0, 0.05) is 6.07 Å². The first-order valence-corrected chi connectivity index (χ1v) is 7.88. The van der Waals surface area contributed by atoms with Crippen molar-refractivity contribution in [3.05, 3.63) is 75.7 Å². The Kier molecular flexibility index (Phi) is 3.26. The van der Waals surface area contributed by atoms with Crippen molar-refractivity contribution in [1.29, 1.82) is 0 Å². The second-order valence-electron chi connectivity index (χ2n) is 5.96. The molecule has 0 bridgehead atoms. The molecule has 0 atom stereocenters. The van der Waals surface area contributed by atoms with Crippen LogP contribution in [0.3, 0.4) is 0 Å². The Balaban J connectivity index is 1.78. The van der Waals surface area contributed by atoms with Crippen molar-refractivity contribution in [3.8, 4) is 0 Å². The second-order valence-corrected chi connectivity index (χ2v) is 5.96. The fourth-order valence-corrected chi connectivity index (χ4v) is 3.31. The fourth-order valence-electron chi connectivity index (χ4n) is 3.31. The zero-order chi connectivity index (χ0) is 14.9. The van der Waals surface area contributed by atoms with Gasteiger partial charge in [0.15, 0.2) is 0 Å². The zero-order valence-electron chi connectivity index (χ0n) is 12.5. The van der Waals surface area contributed by atoms with Crippen LogP contribution in [-0.2, 0) is 19.4 Å². The first-order valence-electron chi connectivity index (χ1n) is 7.88. The second kappa shape index (κ2) is 5.41. The molecule has 0 spiro atoms. The van der Waals surface area contributed by atoms with Crippen LogP contribution in [0, 0.1) is 0 Å². The van der Waals surface area contributed by atoms with Crippen LogP contribution in [0.25, 0.3) is 10.8 Å². The summed E-state index contributed by atoms with van der Waals surface area (Å²) in [5.41, 5.74) is 3.40. The minimum Gasteiger partial charge on any atom is -0.268 e. The Bertz CT molecular complexity index is 890. The molecule has 110 valence electrons. The number of rotatable bonds is 2. The van der Waals surface area contributed by atoms with Crippen LogP contribution in [0.1, 0.15) is 29.7 Å². The number of hydrogen-bond acceptors (Lipinski definition) is 2. The van der Waals surface area contributed by atoms with Gasteiger partial charge in [-0.25, -0.2) is 4.68 Å². The molecule has 0 fully saturated rings. The van der Waals surface area contributed by atoms with E-state index in [0.717, 1.165) is 29.7 Å². The molecule has 1 aliphatic rings. The quantitative estimate of drug-likeness (QED) is 0.725. The van der Waals surface area contributed by atoms with Crippen LogP contribution in [0.4, 0.5) is 0 Å². The van der Waals surface area contributed by atoms with Crippen molar-refractivity contribution in [2.45, 2.75) is 32.2 Å². The summed E-state index contributed by atoms with van der Waals surface area (Å²) in [6.45, 7) is 0.535. The lowest BCUT2D eigenvalue weighted by Crippen LogP contribution is -2.26. The van der Waals surface area contributed by atoms with Gasteiger partial charge in [-0.3, -0.25) is 4.79 Å². The lowest BCUT2D eigenvalue weighted by Gasteiger charge is -2.16. The van der Waals surface area contributed by atoms with Gasteiger partial charge in [0.2, 0.25) is 0 Å². The molecule has 22 heavy (non-hydrogen) atoms. The summed E-state index contributed by atoms with van der Waals surface area (Å²) in [5.74, 6) is 0. The van der Waals surface area contributed by atoms with E-state index in [9.17, 15) is 4.79 Å². The largest absolute Gasteiger partial charge is 0.268 e. The molecule has 3 aromatic rings. The van der Waals surface area contributed by atoms with E-state index in [1.54, 1.807) is 10.7 Å². The van der Waals surface area contributed by atoms with Gasteiger partial charge in [-0.15, -0.1) is 0 Å². The average molecular weight is 290 g/mol. The summed E-state index contributed by atoms with van der Waals surface area (Å²) in [7, 11) is 0.